The molecule has 1 aromatic heterocycles. The Hall–Kier alpha value is -0.190. The van der Waals surface area contributed by atoms with Gasteiger partial charge in [0.05, 0.1) is 3.57 Å². The van der Waals surface area contributed by atoms with Crippen molar-refractivity contribution in [3.63, 3.8) is 0 Å². The van der Waals surface area contributed by atoms with Gasteiger partial charge in [0.25, 0.3) is 0 Å². The van der Waals surface area contributed by atoms with Crippen LogP contribution in [0.5, 0.6) is 0 Å². The van der Waals surface area contributed by atoms with Crippen LogP contribution in [0.15, 0.2) is 12.3 Å². The van der Waals surface area contributed by atoms with E-state index in [1.165, 1.54) is 6.20 Å². The van der Waals surface area contributed by atoms with E-state index in [1.54, 1.807) is 0 Å². The van der Waals surface area contributed by atoms with Crippen molar-refractivity contribution in [1.82, 2.24) is 4.98 Å². The van der Waals surface area contributed by atoms with Gasteiger partial charge in [0.1, 0.15) is 0 Å². The molecule has 0 spiro atoms. The number of hydrogen-bond acceptors (Lipinski definition) is 1. The summed E-state index contributed by atoms with van der Waals surface area (Å²) in [7, 11) is 0. The van der Waals surface area contributed by atoms with Gasteiger partial charge in [0.15, 0.2) is 0 Å². The normalized spacial score (nSPS) is 10.6. The summed E-state index contributed by atoms with van der Waals surface area (Å²) in [6.45, 7) is 4.08. The lowest BCUT2D eigenvalue weighted by Gasteiger charge is -2.06. The van der Waals surface area contributed by atoms with Crippen molar-refractivity contribution < 1.29 is 4.39 Å². The molecule has 3 heteroatoms. The minimum absolute atomic E-state index is 0.361. The minimum atomic E-state index is -0.364. The van der Waals surface area contributed by atoms with Crippen LogP contribution in [0, 0.1) is 9.52 Å². The predicted octanol–water partition coefficient (Wildman–Crippen LogP) is 2.95. The van der Waals surface area contributed by atoms with Crippen molar-refractivity contribution in [3.8, 4) is 0 Å². The highest BCUT2D eigenvalue weighted by atomic mass is 127. The molecule has 0 unspecified atom stereocenters. The fourth-order valence-electron chi connectivity index (χ4n) is 0.878. The van der Waals surface area contributed by atoms with Gasteiger partial charge in [-0.3, -0.25) is 0 Å². The monoisotopic (exact) mass is 265 g/mol. The summed E-state index contributed by atoms with van der Waals surface area (Å²) < 4.78 is 13.5. The van der Waals surface area contributed by atoms with E-state index >= 15 is 0 Å². The standard InChI is InChI=1S/C8H9FIN/c1-5(2)6-3-4-11-8(9)7(6)10/h3-5H,1-2H3. The van der Waals surface area contributed by atoms with Crippen LogP contribution in [0.1, 0.15) is 25.3 Å². The molecule has 1 rings (SSSR count). The molecule has 0 aromatic carbocycles. The van der Waals surface area contributed by atoms with Crippen LogP contribution in [0.25, 0.3) is 0 Å². The number of nitrogens with zero attached hydrogens (tertiary/aromatic N) is 1. The minimum Gasteiger partial charge on any atom is -0.227 e. The zero-order chi connectivity index (χ0) is 8.43. The number of halogens is 2. The second kappa shape index (κ2) is 3.47. The number of aromatic nitrogens is 1. The highest BCUT2D eigenvalue weighted by Crippen LogP contribution is 2.21. The van der Waals surface area contributed by atoms with Crippen LogP contribution in [0.3, 0.4) is 0 Å². The van der Waals surface area contributed by atoms with Gasteiger partial charge in [-0.1, -0.05) is 13.8 Å². The maximum absolute atomic E-state index is 12.8. The first-order chi connectivity index (χ1) is 5.13. The summed E-state index contributed by atoms with van der Waals surface area (Å²) in [6.07, 6.45) is 1.51. The first-order valence-electron chi connectivity index (χ1n) is 3.43. The fourth-order valence-corrected chi connectivity index (χ4v) is 1.82. The molecule has 1 aromatic rings. The summed E-state index contributed by atoms with van der Waals surface area (Å²) >= 11 is 1.98. The largest absolute Gasteiger partial charge is 0.227 e. The molecule has 0 aliphatic carbocycles. The van der Waals surface area contributed by atoms with Crippen molar-refractivity contribution in [2.24, 2.45) is 0 Å². The van der Waals surface area contributed by atoms with Gasteiger partial charge in [-0.2, -0.15) is 4.39 Å². The number of pyridine rings is 1. The Morgan fingerprint density at radius 2 is 2.18 bits per heavy atom. The molecule has 60 valence electrons. The SMILES string of the molecule is CC(C)c1ccnc(F)c1I. The van der Waals surface area contributed by atoms with Crippen LogP contribution >= 0.6 is 22.6 Å². The first-order valence-corrected chi connectivity index (χ1v) is 4.50. The zero-order valence-electron chi connectivity index (χ0n) is 6.44. The summed E-state index contributed by atoms with van der Waals surface area (Å²) in [5.74, 6) is -0.00352. The highest BCUT2D eigenvalue weighted by Gasteiger charge is 2.08. The molecule has 1 heterocycles. The summed E-state index contributed by atoms with van der Waals surface area (Å²) in [4.78, 5) is 3.55. The Bertz CT molecular complexity index is 260. The lowest BCUT2D eigenvalue weighted by molar-refractivity contribution is 0.570. The Morgan fingerprint density at radius 3 is 2.64 bits per heavy atom. The van der Waals surface area contributed by atoms with E-state index in [2.05, 4.69) is 4.98 Å². The van der Waals surface area contributed by atoms with Gasteiger partial charge in [0.2, 0.25) is 5.95 Å². The smallest absolute Gasteiger partial charge is 0.226 e. The van der Waals surface area contributed by atoms with Crippen molar-refractivity contribution >= 4 is 22.6 Å². The maximum atomic E-state index is 12.8. The van der Waals surface area contributed by atoms with Gasteiger partial charge >= 0.3 is 0 Å². The Morgan fingerprint density at radius 1 is 1.55 bits per heavy atom. The second-order valence-electron chi connectivity index (χ2n) is 2.66. The molecular formula is C8H9FIN. The van der Waals surface area contributed by atoms with Gasteiger partial charge in [-0.15, -0.1) is 0 Å². The number of rotatable bonds is 1. The molecule has 0 amide bonds. The second-order valence-corrected chi connectivity index (χ2v) is 3.74. The molecule has 0 bridgehead atoms. The van der Waals surface area contributed by atoms with Gasteiger partial charge < -0.3 is 0 Å². The Labute approximate surface area is 79.2 Å². The van der Waals surface area contributed by atoms with Crippen molar-refractivity contribution in [1.29, 1.82) is 0 Å². The molecule has 0 aliphatic rings. The Balaban J connectivity index is 3.17. The molecule has 1 nitrogen and oxygen atoms in total. The number of hydrogen-bond donors (Lipinski definition) is 0. The van der Waals surface area contributed by atoms with E-state index in [0.717, 1.165) is 5.56 Å². The van der Waals surface area contributed by atoms with Crippen LogP contribution in [0.4, 0.5) is 4.39 Å². The topological polar surface area (TPSA) is 12.9 Å². The summed E-state index contributed by atoms with van der Waals surface area (Å²) in [5, 5.41) is 0. The van der Waals surface area contributed by atoms with E-state index < -0.39 is 0 Å². The average molecular weight is 265 g/mol. The van der Waals surface area contributed by atoms with Crippen LogP contribution in [-0.4, -0.2) is 4.98 Å². The molecule has 0 aliphatic heterocycles. The van der Waals surface area contributed by atoms with Crippen LogP contribution in [0.2, 0.25) is 0 Å². The Kier molecular flexibility index (Phi) is 2.81. The van der Waals surface area contributed by atoms with Crippen molar-refractivity contribution in [3.05, 3.63) is 27.3 Å². The first kappa shape index (κ1) is 8.90. The van der Waals surface area contributed by atoms with Gasteiger partial charge in [-0.25, -0.2) is 4.98 Å². The van der Waals surface area contributed by atoms with E-state index in [0.29, 0.717) is 9.49 Å². The lowest BCUT2D eigenvalue weighted by Crippen LogP contribution is -1.96. The lowest BCUT2D eigenvalue weighted by atomic mass is 10.1. The van der Waals surface area contributed by atoms with Gasteiger partial charge in [0, 0.05) is 6.20 Å². The highest BCUT2D eigenvalue weighted by molar-refractivity contribution is 14.1. The fraction of sp³-hybridized carbons (Fsp3) is 0.375. The third-order valence-electron chi connectivity index (χ3n) is 1.50. The average Bonchev–Trinajstić information content (AvgIpc) is 1.94. The molecule has 0 atom stereocenters. The van der Waals surface area contributed by atoms with E-state index in [9.17, 15) is 4.39 Å². The zero-order valence-corrected chi connectivity index (χ0v) is 8.59. The van der Waals surface area contributed by atoms with E-state index in [1.807, 2.05) is 42.5 Å². The molecule has 0 N–H and O–H groups in total. The van der Waals surface area contributed by atoms with Gasteiger partial charge in [-0.05, 0) is 40.1 Å². The molecule has 0 radical (unpaired) electrons. The third-order valence-corrected chi connectivity index (χ3v) is 2.57. The van der Waals surface area contributed by atoms with Crippen molar-refractivity contribution in [2.75, 3.05) is 0 Å². The molecule has 11 heavy (non-hydrogen) atoms. The molecule has 0 saturated carbocycles. The predicted molar refractivity (Wildman–Crippen MR) is 51.0 cm³/mol. The summed E-state index contributed by atoms with van der Waals surface area (Å²) in [6, 6.07) is 1.86. The molecule has 0 saturated heterocycles. The van der Waals surface area contributed by atoms with E-state index in [4.69, 9.17) is 0 Å². The molecular weight excluding hydrogens is 256 g/mol. The molecule has 0 fully saturated rings. The maximum Gasteiger partial charge on any atom is 0.226 e. The van der Waals surface area contributed by atoms with Crippen molar-refractivity contribution in [2.45, 2.75) is 19.8 Å². The third kappa shape index (κ3) is 1.89. The van der Waals surface area contributed by atoms with Crippen LogP contribution < -0.4 is 0 Å². The summed E-state index contributed by atoms with van der Waals surface area (Å²) in [5.41, 5.74) is 1.03. The quantitative estimate of drug-likeness (QED) is 0.562. The van der Waals surface area contributed by atoms with Crippen LogP contribution in [-0.2, 0) is 0 Å². The van der Waals surface area contributed by atoms with E-state index in [-0.39, 0.29) is 5.95 Å².